The third-order valence-corrected chi connectivity index (χ3v) is 2.97. The first kappa shape index (κ1) is 15.3. The SMILES string of the molecule is NC(=S)N/N=C\c1ccc(OCc2ccccc2)c(Cl)c1. The zero-order chi connectivity index (χ0) is 15.1. The molecule has 0 heterocycles. The van der Waals surface area contributed by atoms with Gasteiger partial charge in [-0.3, -0.25) is 5.43 Å². The molecule has 2 rings (SSSR count). The monoisotopic (exact) mass is 319 g/mol. The number of nitrogens with zero attached hydrogens (tertiary/aromatic N) is 1. The summed E-state index contributed by atoms with van der Waals surface area (Å²) in [5.74, 6) is 0.625. The van der Waals surface area contributed by atoms with Gasteiger partial charge in [-0.1, -0.05) is 41.9 Å². The first-order valence-electron chi connectivity index (χ1n) is 6.20. The fraction of sp³-hybridized carbons (Fsp3) is 0.0667. The molecule has 0 aliphatic heterocycles. The molecule has 0 atom stereocenters. The van der Waals surface area contributed by atoms with E-state index in [2.05, 4.69) is 22.7 Å². The van der Waals surface area contributed by atoms with Gasteiger partial charge >= 0.3 is 0 Å². The van der Waals surface area contributed by atoms with Crippen LogP contribution < -0.4 is 15.9 Å². The van der Waals surface area contributed by atoms with Crippen LogP contribution in [0.3, 0.4) is 0 Å². The Morgan fingerprint density at radius 2 is 2.05 bits per heavy atom. The largest absolute Gasteiger partial charge is 0.487 e. The summed E-state index contributed by atoms with van der Waals surface area (Å²) in [6.07, 6.45) is 1.58. The van der Waals surface area contributed by atoms with Crippen molar-refractivity contribution in [2.75, 3.05) is 0 Å². The predicted molar refractivity (Wildman–Crippen MR) is 89.7 cm³/mol. The molecule has 4 nitrogen and oxygen atoms in total. The molecule has 0 fully saturated rings. The van der Waals surface area contributed by atoms with Gasteiger partial charge in [0.15, 0.2) is 5.11 Å². The molecular weight excluding hydrogens is 306 g/mol. The molecule has 0 unspecified atom stereocenters. The fourth-order valence-electron chi connectivity index (χ4n) is 1.62. The summed E-state index contributed by atoms with van der Waals surface area (Å²) in [5.41, 5.74) is 9.64. The smallest absolute Gasteiger partial charge is 0.184 e. The maximum absolute atomic E-state index is 6.18. The van der Waals surface area contributed by atoms with Crippen molar-refractivity contribution < 1.29 is 4.74 Å². The van der Waals surface area contributed by atoms with E-state index in [1.165, 1.54) is 0 Å². The Labute approximate surface area is 133 Å². The second-order valence-corrected chi connectivity index (χ2v) is 5.05. The number of hydrogen-bond acceptors (Lipinski definition) is 3. The van der Waals surface area contributed by atoms with Crippen LogP contribution in [0.25, 0.3) is 0 Å². The lowest BCUT2D eigenvalue weighted by molar-refractivity contribution is 0.306. The number of thiocarbonyl (C=S) groups is 1. The summed E-state index contributed by atoms with van der Waals surface area (Å²) in [7, 11) is 0. The van der Waals surface area contributed by atoms with E-state index in [0.717, 1.165) is 11.1 Å². The van der Waals surface area contributed by atoms with Gasteiger partial charge in [0.1, 0.15) is 12.4 Å². The van der Waals surface area contributed by atoms with Crippen LogP contribution in [0.2, 0.25) is 5.02 Å². The highest BCUT2D eigenvalue weighted by molar-refractivity contribution is 7.80. The molecule has 21 heavy (non-hydrogen) atoms. The number of nitrogens with one attached hydrogen (secondary N) is 1. The Kier molecular flexibility index (Phi) is 5.54. The summed E-state index contributed by atoms with van der Waals surface area (Å²) in [5, 5.41) is 4.49. The molecule has 0 bridgehead atoms. The molecule has 0 amide bonds. The number of nitrogens with two attached hydrogens (primary N) is 1. The Hall–Kier alpha value is -2.11. The normalized spacial score (nSPS) is 10.5. The van der Waals surface area contributed by atoms with Crippen LogP contribution in [0.4, 0.5) is 0 Å². The molecule has 0 aromatic heterocycles. The first-order chi connectivity index (χ1) is 10.1. The van der Waals surface area contributed by atoms with Crippen LogP contribution in [0.1, 0.15) is 11.1 Å². The highest BCUT2D eigenvalue weighted by atomic mass is 35.5. The minimum atomic E-state index is 0.111. The van der Waals surface area contributed by atoms with Crippen LogP contribution in [0.5, 0.6) is 5.75 Å². The van der Waals surface area contributed by atoms with Gasteiger partial charge in [-0.25, -0.2) is 0 Å². The quantitative estimate of drug-likeness (QED) is 0.505. The maximum atomic E-state index is 6.18. The summed E-state index contributed by atoms with van der Waals surface area (Å²) in [4.78, 5) is 0. The topological polar surface area (TPSA) is 59.6 Å². The van der Waals surface area contributed by atoms with Crippen LogP contribution in [0, 0.1) is 0 Å². The third kappa shape index (κ3) is 5.06. The highest BCUT2D eigenvalue weighted by Crippen LogP contribution is 2.25. The van der Waals surface area contributed by atoms with Crippen molar-refractivity contribution in [1.29, 1.82) is 0 Å². The average molecular weight is 320 g/mol. The van der Waals surface area contributed by atoms with Gasteiger partial charge < -0.3 is 10.5 Å². The Morgan fingerprint density at radius 1 is 1.29 bits per heavy atom. The minimum Gasteiger partial charge on any atom is -0.487 e. The van der Waals surface area contributed by atoms with Crippen LogP contribution in [0.15, 0.2) is 53.6 Å². The van der Waals surface area contributed by atoms with E-state index in [1.807, 2.05) is 36.4 Å². The third-order valence-electron chi connectivity index (χ3n) is 2.58. The van der Waals surface area contributed by atoms with Gasteiger partial charge in [0, 0.05) is 0 Å². The fourth-order valence-corrected chi connectivity index (χ4v) is 1.92. The standard InChI is InChI=1S/C15H14ClN3OS/c16-13-8-12(9-18-19-15(17)21)6-7-14(13)20-10-11-4-2-1-3-5-11/h1-9H,10H2,(H3,17,19,21)/b18-9-. The molecule has 0 spiro atoms. The van der Waals surface area contributed by atoms with Crippen LogP contribution >= 0.6 is 23.8 Å². The number of rotatable bonds is 5. The van der Waals surface area contributed by atoms with Crippen molar-refractivity contribution in [3.63, 3.8) is 0 Å². The van der Waals surface area contributed by atoms with Gasteiger partial charge in [0.05, 0.1) is 11.2 Å². The van der Waals surface area contributed by atoms with Crippen LogP contribution in [-0.4, -0.2) is 11.3 Å². The van der Waals surface area contributed by atoms with E-state index >= 15 is 0 Å². The Bertz CT molecular complexity index is 647. The lowest BCUT2D eigenvalue weighted by Gasteiger charge is -2.08. The number of benzene rings is 2. The number of hydrogen-bond donors (Lipinski definition) is 2. The predicted octanol–water partition coefficient (Wildman–Crippen LogP) is 3.09. The molecule has 6 heteroatoms. The van der Waals surface area contributed by atoms with Gasteiger partial charge in [-0.2, -0.15) is 5.10 Å². The molecule has 2 aromatic carbocycles. The van der Waals surface area contributed by atoms with Crippen molar-refractivity contribution in [2.24, 2.45) is 10.8 Å². The van der Waals surface area contributed by atoms with E-state index in [-0.39, 0.29) is 5.11 Å². The van der Waals surface area contributed by atoms with E-state index in [0.29, 0.717) is 17.4 Å². The number of halogens is 1. The molecule has 108 valence electrons. The average Bonchev–Trinajstić information content (AvgIpc) is 2.47. The van der Waals surface area contributed by atoms with Crippen molar-refractivity contribution in [3.05, 3.63) is 64.7 Å². The second kappa shape index (κ2) is 7.61. The van der Waals surface area contributed by atoms with E-state index in [9.17, 15) is 0 Å². The van der Waals surface area contributed by atoms with Gasteiger partial charge in [0.25, 0.3) is 0 Å². The van der Waals surface area contributed by atoms with Crippen LogP contribution in [-0.2, 0) is 6.61 Å². The zero-order valence-corrected chi connectivity index (χ0v) is 12.7. The van der Waals surface area contributed by atoms with Gasteiger partial charge in [-0.15, -0.1) is 0 Å². The minimum absolute atomic E-state index is 0.111. The van der Waals surface area contributed by atoms with Crippen molar-refractivity contribution in [3.8, 4) is 5.75 Å². The van der Waals surface area contributed by atoms with Crippen molar-refractivity contribution in [2.45, 2.75) is 6.61 Å². The second-order valence-electron chi connectivity index (χ2n) is 4.20. The molecule has 3 N–H and O–H groups in total. The lowest BCUT2D eigenvalue weighted by atomic mass is 10.2. The van der Waals surface area contributed by atoms with Crippen molar-refractivity contribution in [1.82, 2.24) is 5.43 Å². The summed E-state index contributed by atoms with van der Waals surface area (Å²) < 4.78 is 5.69. The molecule has 0 radical (unpaired) electrons. The molecular formula is C15H14ClN3OS. The first-order valence-corrected chi connectivity index (χ1v) is 6.98. The van der Waals surface area contributed by atoms with Gasteiger partial charge in [-0.05, 0) is 41.5 Å². The number of ether oxygens (including phenoxy) is 1. The Morgan fingerprint density at radius 3 is 2.71 bits per heavy atom. The molecule has 0 aliphatic carbocycles. The summed E-state index contributed by atoms with van der Waals surface area (Å²) >= 11 is 10.8. The molecule has 2 aromatic rings. The molecule has 0 saturated carbocycles. The van der Waals surface area contributed by atoms with Gasteiger partial charge in [0.2, 0.25) is 0 Å². The zero-order valence-electron chi connectivity index (χ0n) is 11.1. The molecule has 0 aliphatic rings. The summed E-state index contributed by atoms with van der Waals surface area (Å²) in [6.45, 7) is 0.469. The summed E-state index contributed by atoms with van der Waals surface area (Å²) in [6, 6.07) is 15.3. The highest BCUT2D eigenvalue weighted by Gasteiger charge is 2.03. The van der Waals surface area contributed by atoms with E-state index in [1.54, 1.807) is 18.3 Å². The van der Waals surface area contributed by atoms with E-state index < -0.39 is 0 Å². The van der Waals surface area contributed by atoms with Crippen molar-refractivity contribution >= 4 is 35.1 Å². The maximum Gasteiger partial charge on any atom is 0.184 e. The van der Waals surface area contributed by atoms with E-state index in [4.69, 9.17) is 22.1 Å². The molecule has 0 saturated heterocycles. The Balaban J connectivity index is 1.99. The lowest BCUT2D eigenvalue weighted by Crippen LogP contribution is -2.23. The number of hydrazone groups is 1.